The number of rotatable bonds is 5. The summed E-state index contributed by atoms with van der Waals surface area (Å²) in [5, 5.41) is 3.81. The molecule has 0 saturated carbocycles. The summed E-state index contributed by atoms with van der Waals surface area (Å²) in [5.74, 6) is 0.0190. The molecule has 5 nitrogen and oxygen atoms in total. The summed E-state index contributed by atoms with van der Waals surface area (Å²) in [6.45, 7) is 2.33. The van der Waals surface area contributed by atoms with Crippen LogP contribution in [0.2, 0.25) is 10.0 Å². The quantitative estimate of drug-likeness (QED) is 0.871. The molecule has 0 bridgehead atoms. The fourth-order valence-corrected chi connectivity index (χ4v) is 4.85. The fraction of sp³-hybridized carbons (Fsp3) is 0.500. The van der Waals surface area contributed by atoms with Crippen LogP contribution >= 0.6 is 23.2 Å². The van der Waals surface area contributed by atoms with Gasteiger partial charge in [0.25, 0.3) is 0 Å². The summed E-state index contributed by atoms with van der Waals surface area (Å²) in [4.78, 5) is 14.0. The minimum Gasteiger partial charge on any atom is -0.374 e. The van der Waals surface area contributed by atoms with E-state index in [0.29, 0.717) is 28.7 Å². The van der Waals surface area contributed by atoms with Crippen LogP contribution in [0.5, 0.6) is 0 Å². The summed E-state index contributed by atoms with van der Waals surface area (Å²) in [6, 6.07) is 4.84. The van der Waals surface area contributed by atoms with Crippen molar-refractivity contribution < 1.29 is 13.2 Å². The number of hydrogen-bond acceptors (Lipinski definition) is 4. The number of para-hydroxylation sites is 1. The molecule has 0 aliphatic carbocycles. The first-order valence-electron chi connectivity index (χ1n) is 7.02. The van der Waals surface area contributed by atoms with Crippen molar-refractivity contribution in [3.8, 4) is 0 Å². The van der Waals surface area contributed by atoms with Crippen LogP contribution in [0.3, 0.4) is 0 Å². The average molecular weight is 365 g/mol. The summed E-state index contributed by atoms with van der Waals surface area (Å²) in [6.07, 6.45) is 0.495. The number of benzene rings is 1. The van der Waals surface area contributed by atoms with Gasteiger partial charge in [-0.25, -0.2) is 8.42 Å². The molecular formula is C14H18Cl2N2O3S. The van der Waals surface area contributed by atoms with Crippen LogP contribution in [0.25, 0.3) is 0 Å². The number of amides is 1. The number of hydrogen-bond donors (Lipinski definition) is 1. The molecule has 2 rings (SSSR count). The third-order valence-corrected chi connectivity index (χ3v) is 6.07. The van der Waals surface area contributed by atoms with Crippen molar-refractivity contribution in [2.75, 3.05) is 29.9 Å². The third-order valence-electron chi connectivity index (χ3n) is 3.69. The minimum absolute atomic E-state index is 0.0217. The van der Waals surface area contributed by atoms with Crippen LogP contribution in [0.15, 0.2) is 18.2 Å². The Morgan fingerprint density at radius 2 is 2.00 bits per heavy atom. The molecule has 1 atom stereocenters. The molecule has 0 radical (unpaired) electrons. The zero-order chi connectivity index (χ0) is 16.3. The molecule has 1 aliphatic rings. The monoisotopic (exact) mass is 364 g/mol. The van der Waals surface area contributed by atoms with Crippen molar-refractivity contribution in [3.05, 3.63) is 28.2 Å². The van der Waals surface area contributed by atoms with Gasteiger partial charge in [0.05, 0.1) is 33.8 Å². The highest BCUT2D eigenvalue weighted by atomic mass is 35.5. The fourth-order valence-electron chi connectivity index (χ4n) is 2.59. The maximum atomic E-state index is 12.4. The van der Waals surface area contributed by atoms with Crippen LogP contribution in [-0.4, -0.2) is 49.9 Å². The molecule has 0 aromatic heterocycles. The van der Waals surface area contributed by atoms with Crippen molar-refractivity contribution in [3.63, 3.8) is 0 Å². The second-order valence-corrected chi connectivity index (χ2v) is 8.23. The zero-order valence-electron chi connectivity index (χ0n) is 12.2. The predicted molar refractivity (Wildman–Crippen MR) is 89.4 cm³/mol. The number of nitrogens with zero attached hydrogens (tertiary/aromatic N) is 1. The smallest absolute Gasteiger partial charge is 0.242 e. The molecule has 1 aliphatic heterocycles. The van der Waals surface area contributed by atoms with Crippen molar-refractivity contribution in [2.24, 2.45) is 0 Å². The minimum atomic E-state index is -3.02. The Morgan fingerprint density at radius 1 is 1.36 bits per heavy atom. The van der Waals surface area contributed by atoms with E-state index in [4.69, 9.17) is 23.2 Å². The SMILES string of the molecule is CCN(C(=O)CNc1c(Cl)cccc1Cl)C1CCS(=O)(=O)C1. The summed E-state index contributed by atoms with van der Waals surface area (Å²) < 4.78 is 23.1. The highest BCUT2D eigenvalue weighted by Gasteiger charge is 2.33. The van der Waals surface area contributed by atoms with Gasteiger partial charge in [0.15, 0.2) is 9.84 Å². The molecule has 1 aromatic carbocycles. The molecule has 1 aromatic rings. The van der Waals surface area contributed by atoms with Gasteiger partial charge >= 0.3 is 0 Å². The predicted octanol–water partition coefficient (Wildman–Crippen LogP) is 2.44. The lowest BCUT2D eigenvalue weighted by Crippen LogP contribution is -2.43. The normalized spacial score (nSPS) is 19.9. The van der Waals surface area contributed by atoms with Crippen molar-refractivity contribution in [1.29, 1.82) is 0 Å². The highest BCUT2D eigenvalue weighted by Crippen LogP contribution is 2.29. The van der Waals surface area contributed by atoms with E-state index >= 15 is 0 Å². The van der Waals surface area contributed by atoms with E-state index in [0.717, 1.165) is 0 Å². The van der Waals surface area contributed by atoms with Crippen molar-refractivity contribution in [1.82, 2.24) is 4.90 Å². The zero-order valence-corrected chi connectivity index (χ0v) is 14.5. The third kappa shape index (κ3) is 4.06. The molecule has 8 heteroatoms. The first-order chi connectivity index (χ1) is 10.3. The van der Waals surface area contributed by atoms with Gasteiger partial charge in [0, 0.05) is 12.6 Å². The number of sulfone groups is 1. The Labute approximate surface area is 140 Å². The van der Waals surface area contributed by atoms with E-state index in [-0.39, 0.29) is 30.0 Å². The highest BCUT2D eigenvalue weighted by molar-refractivity contribution is 7.91. The number of nitrogens with one attached hydrogen (secondary N) is 1. The lowest BCUT2D eigenvalue weighted by molar-refractivity contribution is -0.130. The number of carbonyl (C=O) groups is 1. The molecule has 122 valence electrons. The summed E-state index contributed by atoms with van der Waals surface area (Å²) >= 11 is 12.1. The topological polar surface area (TPSA) is 66.5 Å². The lowest BCUT2D eigenvalue weighted by Gasteiger charge is -2.27. The first-order valence-corrected chi connectivity index (χ1v) is 9.59. The largest absolute Gasteiger partial charge is 0.374 e. The molecular weight excluding hydrogens is 347 g/mol. The van der Waals surface area contributed by atoms with E-state index in [2.05, 4.69) is 5.32 Å². The van der Waals surface area contributed by atoms with E-state index in [1.807, 2.05) is 6.92 Å². The van der Waals surface area contributed by atoms with Gasteiger partial charge in [-0.1, -0.05) is 29.3 Å². The molecule has 1 saturated heterocycles. The standard InChI is InChI=1S/C14H18Cl2N2O3S/c1-2-18(10-6-7-22(20,21)9-10)13(19)8-17-14-11(15)4-3-5-12(14)16/h3-5,10,17H,2,6-9H2,1H3. The Bertz CT molecular complexity index is 644. The van der Waals surface area contributed by atoms with Gasteiger partial charge in [0.1, 0.15) is 0 Å². The maximum absolute atomic E-state index is 12.4. The Morgan fingerprint density at radius 3 is 2.50 bits per heavy atom. The molecule has 1 heterocycles. The average Bonchev–Trinajstić information content (AvgIpc) is 2.79. The Hall–Kier alpha value is -0.980. The summed E-state index contributed by atoms with van der Waals surface area (Å²) in [5.41, 5.74) is 0.509. The Balaban J connectivity index is 2.01. The van der Waals surface area contributed by atoms with E-state index in [1.54, 1.807) is 23.1 Å². The van der Waals surface area contributed by atoms with Crippen molar-refractivity contribution in [2.45, 2.75) is 19.4 Å². The van der Waals surface area contributed by atoms with E-state index < -0.39 is 9.84 Å². The molecule has 1 fully saturated rings. The van der Waals surface area contributed by atoms with Gasteiger partial charge in [-0.15, -0.1) is 0 Å². The molecule has 0 spiro atoms. The maximum Gasteiger partial charge on any atom is 0.242 e. The van der Waals surface area contributed by atoms with Crippen LogP contribution in [0.1, 0.15) is 13.3 Å². The second kappa shape index (κ2) is 7.06. The molecule has 22 heavy (non-hydrogen) atoms. The van der Waals surface area contributed by atoms with Gasteiger partial charge in [-0.2, -0.15) is 0 Å². The van der Waals surface area contributed by atoms with Gasteiger partial charge < -0.3 is 10.2 Å². The van der Waals surface area contributed by atoms with Gasteiger partial charge in [-0.05, 0) is 25.5 Å². The Kier molecular flexibility index (Phi) is 5.58. The van der Waals surface area contributed by atoms with Gasteiger partial charge in [0.2, 0.25) is 5.91 Å². The number of halogens is 2. The number of likely N-dealkylation sites (N-methyl/N-ethyl adjacent to an activating group) is 1. The van der Waals surface area contributed by atoms with Gasteiger partial charge in [-0.3, -0.25) is 4.79 Å². The summed E-state index contributed by atoms with van der Waals surface area (Å²) in [7, 11) is -3.02. The van der Waals surface area contributed by atoms with Crippen LogP contribution in [0.4, 0.5) is 5.69 Å². The van der Waals surface area contributed by atoms with E-state index in [9.17, 15) is 13.2 Å². The van der Waals surface area contributed by atoms with Crippen molar-refractivity contribution >= 4 is 44.6 Å². The number of anilines is 1. The van der Waals surface area contributed by atoms with Crippen LogP contribution in [-0.2, 0) is 14.6 Å². The molecule has 1 N–H and O–H groups in total. The lowest BCUT2D eigenvalue weighted by atomic mass is 10.2. The van der Waals surface area contributed by atoms with Crippen LogP contribution in [0, 0.1) is 0 Å². The molecule has 1 unspecified atom stereocenters. The van der Waals surface area contributed by atoms with E-state index in [1.165, 1.54) is 0 Å². The number of carbonyl (C=O) groups excluding carboxylic acids is 1. The van der Waals surface area contributed by atoms with Crippen LogP contribution < -0.4 is 5.32 Å². The second-order valence-electron chi connectivity index (χ2n) is 5.19. The first kappa shape index (κ1) is 17.4. The molecule has 1 amide bonds.